The molecule has 0 aliphatic rings. The molecule has 0 aliphatic heterocycles. The number of benzene rings is 3. The molecule has 3 aromatic rings. The van der Waals surface area contributed by atoms with Gasteiger partial charge in [-0.2, -0.15) is 5.10 Å². The number of carbonyl (C=O) groups is 2. The zero-order chi connectivity index (χ0) is 24.0. The van der Waals surface area contributed by atoms with Gasteiger partial charge in [0.25, 0.3) is 5.91 Å². The number of aryl methyl sites for hydroxylation is 3. The van der Waals surface area contributed by atoms with E-state index in [-0.39, 0.29) is 12.4 Å². The molecule has 0 saturated heterocycles. The van der Waals surface area contributed by atoms with Crippen LogP contribution in [0.4, 0.5) is 0 Å². The topological polar surface area (TPSA) is 77.0 Å². The smallest absolute Gasteiger partial charge is 0.343 e. The first-order valence-corrected chi connectivity index (χ1v) is 11.6. The Morgan fingerprint density at radius 3 is 2.30 bits per heavy atom. The summed E-state index contributed by atoms with van der Waals surface area (Å²) in [5, 5.41) is 4.00. The predicted octanol–water partition coefficient (Wildman–Crippen LogP) is 5.89. The van der Waals surface area contributed by atoms with Gasteiger partial charge in [-0.05, 0) is 71.6 Å². The molecule has 0 radical (unpaired) electrons. The van der Waals surface area contributed by atoms with Gasteiger partial charge in [-0.3, -0.25) is 4.79 Å². The first kappa shape index (κ1) is 24.7. The van der Waals surface area contributed by atoms with Gasteiger partial charge >= 0.3 is 5.97 Å². The second-order valence-electron chi connectivity index (χ2n) is 7.31. The molecule has 0 atom stereocenters. The Kier molecular flexibility index (Phi) is 8.41. The third-order valence-corrected chi connectivity index (χ3v) is 5.79. The molecule has 3 rings (SSSR count). The van der Waals surface area contributed by atoms with E-state index >= 15 is 0 Å². The summed E-state index contributed by atoms with van der Waals surface area (Å²) in [5.74, 6) is 0.0624. The third-order valence-electron chi connectivity index (χ3n) is 4.75. The summed E-state index contributed by atoms with van der Waals surface area (Å²) < 4.78 is 12.6. The van der Waals surface area contributed by atoms with Crippen LogP contribution in [-0.4, -0.2) is 24.7 Å². The molecule has 0 heterocycles. The van der Waals surface area contributed by atoms with Crippen LogP contribution < -0.4 is 14.9 Å². The largest absolute Gasteiger partial charge is 0.483 e. The minimum absolute atomic E-state index is 0.180. The number of para-hydroxylation sites is 1. The van der Waals surface area contributed by atoms with E-state index in [1.807, 2.05) is 51.1 Å². The molecule has 170 valence electrons. The summed E-state index contributed by atoms with van der Waals surface area (Å²) in [5.41, 5.74) is 6.10. The number of nitrogens with one attached hydrogen (secondary N) is 1. The molecular weight excluding hydrogens is 552 g/mol. The van der Waals surface area contributed by atoms with E-state index in [0.717, 1.165) is 21.2 Å². The van der Waals surface area contributed by atoms with Gasteiger partial charge in [0.15, 0.2) is 12.4 Å². The zero-order valence-corrected chi connectivity index (χ0v) is 21.5. The second-order valence-corrected chi connectivity index (χ2v) is 9.08. The number of nitrogens with zero attached hydrogens (tertiary/aromatic N) is 1. The Balaban J connectivity index is 1.70. The number of rotatable bonds is 7. The van der Waals surface area contributed by atoms with E-state index in [1.54, 1.807) is 24.3 Å². The van der Waals surface area contributed by atoms with Crippen LogP contribution in [0.25, 0.3) is 0 Å². The number of amides is 1. The molecule has 0 unspecified atom stereocenters. The van der Waals surface area contributed by atoms with Gasteiger partial charge in [-0.15, -0.1) is 0 Å². The lowest BCUT2D eigenvalue weighted by Crippen LogP contribution is -2.25. The minimum Gasteiger partial charge on any atom is -0.483 e. The van der Waals surface area contributed by atoms with Gasteiger partial charge in [0.1, 0.15) is 5.75 Å². The lowest BCUT2D eigenvalue weighted by atomic mass is 10.1. The van der Waals surface area contributed by atoms with Gasteiger partial charge in [-0.25, -0.2) is 10.2 Å². The van der Waals surface area contributed by atoms with E-state index in [0.29, 0.717) is 21.3 Å². The van der Waals surface area contributed by atoms with Crippen LogP contribution in [0.1, 0.15) is 32.6 Å². The Hall–Kier alpha value is -2.97. The summed E-state index contributed by atoms with van der Waals surface area (Å²) in [4.78, 5) is 24.9. The average molecular weight is 574 g/mol. The molecule has 0 aromatic heterocycles. The lowest BCUT2D eigenvalue weighted by molar-refractivity contribution is -0.123. The summed E-state index contributed by atoms with van der Waals surface area (Å²) in [6, 6.07) is 16.4. The SMILES string of the molecule is Cc1ccccc1C(=O)Oc1c(Br)cc(Br)cc1/C=N/NC(=O)COc1c(C)cccc1C. The van der Waals surface area contributed by atoms with Gasteiger partial charge in [0, 0.05) is 10.0 Å². The predicted molar refractivity (Wildman–Crippen MR) is 135 cm³/mol. The summed E-state index contributed by atoms with van der Waals surface area (Å²) >= 11 is 6.84. The van der Waals surface area contributed by atoms with Crippen LogP contribution in [-0.2, 0) is 4.79 Å². The van der Waals surface area contributed by atoms with Crippen molar-refractivity contribution < 1.29 is 19.1 Å². The molecule has 0 aliphatic carbocycles. The first-order chi connectivity index (χ1) is 15.8. The standard InChI is InChI=1S/C25H22Br2N2O4/c1-15-7-4-5-10-20(15)25(31)33-24-18(11-19(26)12-21(24)27)13-28-29-22(30)14-32-23-16(2)8-6-9-17(23)3/h4-13H,14H2,1-3H3,(H,29,30)/b28-13+. The van der Waals surface area contributed by atoms with Crippen molar-refractivity contribution in [2.24, 2.45) is 5.10 Å². The van der Waals surface area contributed by atoms with Crippen LogP contribution in [0, 0.1) is 20.8 Å². The van der Waals surface area contributed by atoms with Gasteiger partial charge in [-0.1, -0.05) is 52.3 Å². The normalized spacial score (nSPS) is 10.8. The van der Waals surface area contributed by atoms with Crippen LogP contribution in [0.3, 0.4) is 0 Å². The molecule has 1 amide bonds. The Morgan fingerprint density at radius 1 is 0.939 bits per heavy atom. The number of esters is 1. The Labute approximate surface area is 209 Å². The molecule has 8 heteroatoms. The van der Waals surface area contributed by atoms with Crippen molar-refractivity contribution in [3.63, 3.8) is 0 Å². The highest BCUT2D eigenvalue weighted by Gasteiger charge is 2.16. The summed E-state index contributed by atoms with van der Waals surface area (Å²) in [6.45, 7) is 5.50. The van der Waals surface area contributed by atoms with Gasteiger partial charge in [0.05, 0.1) is 16.3 Å². The fourth-order valence-corrected chi connectivity index (χ4v) is 4.44. The van der Waals surface area contributed by atoms with Crippen LogP contribution in [0.15, 0.2) is 68.6 Å². The van der Waals surface area contributed by atoms with Crippen LogP contribution in [0.2, 0.25) is 0 Å². The Morgan fingerprint density at radius 2 is 1.61 bits per heavy atom. The molecule has 0 saturated carbocycles. The van der Waals surface area contributed by atoms with E-state index in [9.17, 15) is 9.59 Å². The van der Waals surface area contributed by atoms with Crippen molar-refractivity contribution in [1.82, 2.24) is 5.43 Å². The highest BCUT2D eigenvalue weighted by Crippen LogP contribution is 2.33. The molecule has 0 spiro atoms. The number of hydrogen-bond acceptors (Lipinski definition) is 5. The van der Waals surface area contributed by atoms with E-state index < -0.39 is 11.9 Å². The van der Waals surface area contributed by atoms with Crippen molar-refractivity contribution >= 4 is 50.0 Å². The monoisotopic (exact) mass is 572 g/mol. The lowest BCUT2D eigenvalue weighted by Gasteiger charge is -2.12. The van der Waals surface area contributed by atoms with Gasteiger partial charge in [0.2, 0.25) is 0 Å². The van der Waals surface area contributed by atoms with Crippen LogP contribution >= 0.6 is 31.9 Å². The molecule has 0 fully saturated rings. The van der Waals surface area contributed by atoms with Gasteiger partial charge < -0.3 is 9.47 Å². The summed E-state index contributed by atoms with van der Waals surface area (Å²) in [6.07, 6.45) is 1.41. The number of hydrogen-bond donors (Lipinski definition) is 1. The maximum Gasteiger partial charge on any atom is 0.343 e. The maximum atomic E-state index is 12.7. The molecule has 33 heavy (non-hydrogen) atoms. The van der Waals surface area contributed by atoms with Crippen molar-refractivity contribution in [2.75, 3.05) is 6.61 Å². The van der Waals surface area contributed by atoms with Crippen molar-refractivity contribution in [2.45, 2.75) is 20.8 Å². The quantitative estimate of drug-likeness (QED) is 0.166. The van der Waals surface area contributed by atoms with E-state index in [2.05, 4.69) is 42.4 Å². The molecular formula is C25H22Br2N2O4. The molecule has 1 N–H and O–H groups in total. The first-order valence-electron chi connectivity index (χ1n) is 10.0. The van der Waals surface area contributed by atoms with Crippen LogP contribution in [0.5, 0.6) is 11.5 Å². The number of halogens is 2. The van der Waals surface area contributed by atoms with E-state index in [4.69, 9.17) is 9.47 Å². The highest BCUT2D eigenvalue weighted by molar-refractivity contribution is 9.11. The van der Waals surface area contributed by atoms with Crippen molar-refractivity contribution in [3.05, 3.63) is 91.4 Å². The third kappa shape index (κ3) is 6.52. The van der Waals surface area contributed by atoms with Crippen molar-refractivity contribution in [3.8, 4) is 11.5 Å². The Bertz CT molecular complexity index is 1200. The maximum absolute atomic E-state index is 12.7. The fourth-order valence-electron chi connectivity index (χ4n) is 3.10. The molecule has 3 aromatic carbocycles. The number of ether oxygens (including phenoxy) is 2. The number of carbonyl (C=O) groups excluding carboxylic acids is 2. The molecule has 0 bridgehead atoms. The number of hydrazone groups is 1. The molecule has 6 nitrogen and oxygen atoms in total. The second kappa shape index (κ2) is 11.2. The summed E-state index contributed by atoms with van der Waals surface area (Å²) in [7, 11) is 0. The average Bonchev–Trinajstić information content (AvgIpc) is 2.76. The minimum atomic E-state index is -0.489. The zero-order valence-electron chi connectivity index (χ0n) is 18.3. The fraction of sp³-hybridized carbons (Fsp3) is 0.160. The van der Waals surface area contributed by atoms with Crippen molar-refractivity contribution in [1.29, 1.82) is 0 Å². The van der Waals surface area contributed by atoms with E-state index in [1.165, 1.54) is 6.21 Å². The highest BCUT2D eigenvalue weighted by atomic mass is 79.9.